The largest absolute Gasteiger partial charge is 0.251 e. The highest BCUT2D eigenvalue weighted by Crippen LogP contribution is 2.20. The Hall–Kier alpha value is -0.960. The first kappa shape index (κ1) is 19.0. The Morgan fingerprint density at radius 2 is 1.85 bits per heavy atom. The van der Waals surface area contributed by atoms with Crippen molar-refractivity contribution in [3.63, 3.8) is 0 Å². The van der Waals surface area contributed by atoms with Gasteiger partial charge in [0.25, 0.3) is 0 Å². The number of alkyl halides is 2. The van der Waals surface area contributed by atoms with Crippen LogP contribution in [0.15, 0.2) is 41.1 Å². The number of rotatable bonds is 10. The maximum atomic E-state index is 12.5. The van der Waals surface area contributed by atoms with Gasteiger partial charge in [0.1, 0.15) is 5.17 Å². The van der Waals surface area contributed by atoms with Crippen LogP contribution in [0.3, 0.4) is 0 Å². The summed E-state index contributed by atoms with van der Waals surface area (Å²) in [6, 6.07) is 0. The molecule has 0 radical (unpaired) electrons. The molecule has 0 aromatic carbocycles. The molecule has 0 amide bonds. The summed E-state index contributed by atoms with van der Waals surface area (Å²) in [6.45, 7) is 10.3. The van der Waals surface area contributed by atoms with Crippen molar-refractivity contribution < 1.29 is 8.78 Å². The molecule has 4 heteroatoms. The van der Waals surface area contributed by atoms with Crippen molar-refractivity contribution in [3.8, 4) is 0 Å². The fraction of sp³-hybridized carbons (Fsp3) is 0.562. The van der Waals surface area contributed by atoms with Gasteiger partial charge in [-0.1, -0.05) is 38.1 Å². The fourth-order valence-corrected chi connectivity index (χ4v) is 1.78. The Morgan fingerprint density at radius 1 is 1.25 bits per heavy atom. The van der Waals surface area contributed by atoms with Gasteiger partial charge in [0, 0.05) is 11.6 Å². The molecule has 0 bridgehead atoms. The van der Waals surface area contributed by atoms with Gasteiger partial charge in [0.2, 0.25) is 0 Å². The van der Waals surface area contributed by atoms with Crippen LogP contribution in [-0.2, 0) is 0 Å². The SMILES string of the molecule is C=C(/C=C(CCC(CF)CF)\N=C(/C)Cl)C(=C)CCC. The van der Waals surface area contributed by atoms with E-state index < -0.39 is 19.3 Å². The van der Waals surface area contributed by atoms with Crippen LogP contribution in [0, 0.1) is 5.92 Å². The van der Waals surface area contributed by atoms with Gasteiger partial charge < -0.3 is 0 Å². The van der Waals surface area contributed by atoms with Gasteiger partial charge in [-0.25, -0.2) is 4.99 Å². The smallest absolute Gasteiger partial charge is 0.103 e. The lowest BCUT2D eigenvalue weighted by Crippen LogP contribution is -2.05. The summed E-state index contributed by atoms with van der Waals surface area (Å²) < 4.78 is 25.0. The van der Waals surface area contributed by atoms with Gasteiger partial charge in [-0.05, 0) is 43.4 Å². The molecular formula is C16H24ClF2N. The first-order valence-corrected chi connectivity index (χ1v) is 7.22. The lowest BCUT2D eigenvalue weighted by molar-refractivity contribution is 0.276. The second-order valence-electron chi connectivity index (χ2n) is 4.84. The van der Waals surface area contributed by atoms with E-state index in [1.54, 1.807) is 13.0 Å². The number of aliphatic imine (C=N–C) groups is 1. The van der Waals surface area contributed by atoms with Crippen LogP contribution in [0.5, 0.6) is 0 Å². The molecule has 114 valence electrons. The lowest BCUT2D eigenvalue weighted by atomic mass is 10.0. The third-order valence-electron chi connectivity index (χ3n) is 2.89. The highest BCUT2D eigenvalue weighted by atomic mass is 35.5. The van der Waals surface area contributed by atoms with E-state index in [1.807, 2.05) is 0 Å². The average molecular weight is 304 g/mol. The standard InChI is InChI=1S/C16H24ClF2N/c1-5-6-12(2)13(3)9-16(20-14(4)17)8-7-15(10-18)11-19/h9,15H,2-3,5-8,10-11H2,1,4H3/b16-9-,20-14+. The first-order chi connectivity index (χ1) is 9.44. The van der Waals surface area contributed by atoms with Crippen molar-refractivity contribution in [2.75, 3.05) is 13.3 Å². The Morgan fingerprint density at radius 3 is 2.30 bits per heavy atom. The summed E-state index contributed by atoms with van der Waals surface area (Å²) in [6.07, 6.45) is 4.53. The molecular weight excluding hydrogens is 280 g/mol. The molecule has 0 saturated heterocycles. The normalized spacial score (nSPS) is 12.9. The molecule has 0 heterocycles. The van der Waals surface area contributed by atoms with Crippen molar-refractivity contribution in [2.45, 2.75) is 39.5 Å². The summed E-state index contributed by atoms with van der Waals surface area (Å²) in [5, 5.41) is 0.391. The summed E-state index contributed by atoms with van der Waals surface area (Å²) in [7, 11) is 0. The van der Waals surface area contributed by atoms with Crippen molar-refractivity contribution in [2.24, 2.45) is 10.9 Å². The number of nitrogens with zero attached hydrogens (tertiary/aromatic N) is 1. The third kappa shape index (κ3) is 8.26. The Labute approximate surface area is 126 Å². The van der Waals surface area contributed by atoms with Gasteiger partial charge in [0.05, 0.1) is 13.3 Å². The number of hydrogen-bond donors (Lipinski definition) is 0. The molecule has 0 aliphatic rings. The Bertz CT molecular complexity index is 378. The summed E-state index contributed by atoms with van der Waals surface area (Å²) in [4.78, 5) is 4.20. The van der Waals surface area contributed by atoms with Gasteiger partial charge >= 0.3 is 0 Å². The zero-order chi connectivity index (χ0) is 15.5. The van der Waals surface area contributed by atoms with Crippen molar-refractivity contribution >= 4 is 16.8 Å². The van der Waals surface area contributed by atoms with E-state index >= 15 is 0 Å². The molecule has 0 N–H and O–H groups in total. The molecule has 0 aromatic rings. The van der Waals surface area contributed by atoms with Crippen molar-refractivity contribution in [3.05, 3.63) is 36.1 Å². The number of allylic oxidation sites excluding steroid dienone is 4. The highest BCUT2D eigenvalue weighted by molar-refractivity contribution is 6.64. The van der Waals surface area contributed by atoms with Crippen LogP contribution in [-0.4, -0.2) is 18.5 Å². The second-order valence-corrected chi connectivity index (χ2v) is 5.38. The molecule has 0 rings (SSSR count). The molecule has 0 aliphatic carbocycles. The average Bonchev–Trinajstić information content (AvgIpc) is 2.39. The molecule has 20 heavy (non-hydrogen) atoms. The van der Waals surface area contributed by atoms with E-state index in [9.17, 15) is 8.78 Å². The maximum Gasteiger partial charge on any atom is 0.103 e. The van der Waals surface area contributed by atoms with E-state index in [-0.39, 0.29) is 0 Å². The number of hydrogen-bond acceptors (Lipinski definition) is 1. The molecule has 0 aromatic heterocycles. The van der Waals surface area contributed by atoms with Crippen LogP contribution in [0.25, 0.3) is 0 Å². The summed E-state index contributed by atoms with van der Waals surface area (Å²) >= 11 is 5.79. The van der Waals surface area contributed by atoms with E-state index in [4.69, 9.17) is 11.6 Å². The topological polar surface area (TPSA) is 12.4 Å². The minimum absolute atomic E-state index is 0.391. The molecule has 0 spiro atoms. The summed E-state index contributed by atoms with van der Waals surface area (Å²) in [5.74, 6) is -0.573. The minimum atomic E-state index is -0.656. The predicted molar refractivity (Wildman–Crippen MR) is 84.9 cm³/mol. The van der Waals surface area contributed by atoms with Crippen LogP contribution < -0.4 is 0 Å². The van der Waals surface area contributed by atoms with Crippen LogP contribution >= 0.6 is 11.6 Å². The summed E-state index contributed by atoms with van der Waals surface area (Å²) in [5.41, 5.74) is 2.42. The molecule has 0 saturated carbocycles. The third-order valence-corrected chi connectivity index (χ3v) is 2.97. The van der Waals surface area contributed by atoms with E-state index in [1.165, 1.54) is 0 Å². The Kier molecular flexibility index (Phi) is 10.3. The van der Waals surface area contributed by atoms with Gasteiger partial charge in [0.15, 0.2) is 0 Å². The Balaban J connectivity index is 4.83. The van der Waals surface area contributed by atoms with Gasteiger partial charge in [-0.2, -0.15) is 0 Å². The minimum Gasteiger partial charge on any atom is -0.251 e. The zero-order valence-electron chi connectivity index (χ0n) is 12.4. The van der Waals surface area contributed by atoms with Gasteiger partial charge in [-0.3, -0.25) is 8.78 Å². The fourth-order valence-electron chi connectivity index (χ4n) is 1.67. The first-order valence-electron chi connectivity index (χ1n) is 6.84. The second kappa shape index (κ2) is 10.8. The maximum absolute atomic E-state index is 12.5. The molecule has 0 unspecified atom stereocenters. The zero-order valence-corrected chi connectivity index (χ0v) is 13.1. The number of halogens is 3. The predicted octanol–water partition coefficient (Wildman–Crippen LogP) is 5.78. The van der Waals surface area contributed by atoms with Crippen LogP contribution in [0.2, 0.25) is 0 Å². The molecule has 0 aliphatic heterocycles. The monoisotopic (exact) mass is 303 g/mol. The highest BCUT2D eigenvalue weighted by Gasteiger charge is 2.09. The van der Waals surface area contributed by atoms with Crippen molar-refractivity contribution in [1.82, 2.24) is 0 Å². The quantitative estimate of drug-likeness (QED) is 0.358. The van der Waals surface area contributed by atoms with E-state index in [0.717, 1.165) is 24.0 Å². The molecule has 1 nitrogen and oxygen atoms in total. The van der Waals surface area contributed by atoms with Crippen molar-refractivity contribution in [1.29, 1.82) is 0 Å². The van der Waals surface area contributed by atoms with Gasteiger partial charge in [-0.15, -0.1) is 0 Å². The van der Waals surface area contributed by atoms with Crippen LogP contribution in [0.4, 0.5) is 8.78 Å². The van der Waals surface area contributed by atoms with E-state index in [0.29, 0.717) is 23.7 Å². The molecule has 0 atom stereocenters. The lowest BCUT2D eigenvalue weighted by Gasteiger charge is -2.10. The van der Waals surface area contributed by atoms with E-state index in [2.05, 4.69) is 25.1 Å². The van der Waals surface area contributed by atoms with Crippen LogP contribution in [0.1, 0.15) is 39.5 Å². The molecule has 0 fully saturated rings.